The molecule has 2 aromatic carbocycles. The van der Waals surface area contributed by atoms with Crippen molar-refractivity contribution in [2.45, 2.75) is 44.8 Å². The third-order valence-electron chi connectivity index (χ3n) is 5.13. The second-order valence-electron chi connectivity index (χ2n) is 8.27. The van der Waals surface area contributed by atoms with Gasteiger partial charge in [0.15, 0.2) is 11.5 Å². The SMILES string of the molecule is CC(C)C[C@H](NC(=O)[C@H](Cc1ccccc1)NC(=O)[C@H]1COc2ccccc2O1)B(O)O. The maximum atomic E-state index is 13.0. The quantitative estimate of drug-likeness (QED) is 0.434. The standard InChI is InChI=1S/C23H29BN2O6/c1-15(2)12-21(24(29)30)26-22(27)17(13-16-8-4-3-5-9-16)25-23(28)20-14-31-18-10-6-7-11-19(18)32-20/h3-11,15,17,20-21,29-30H,12-14H2,1-2H3,(H,25,28)(H,26,27)/t17-,20+,21-/m0/s1. The largest absolute Gasteiger partial charge is 0.485 e. The van der Waals surface area contributed by atoms with Gasteiger partial charge in [0.05, 0.1) is 5.94 Å². The Balaban J connectivity index is 1.72. The molecule has 0 bridgehead atoms. The first kappa shape index (κ1) is 23.6. The first-order valence-corrected chi connectivity index (χ1v) is 10.7. The molecule has 4 N–H and O–H groups in total. The molecule has 0 fully saturated rings. The van der Waals surface area contributed by atoms with E-state index in [1.54, 1.807) is 18.2 Å². The van der Waals surface area contributed by atoms with Gasteiger partial charge < -0.3 is 30.2 Å². The van der Waals surface area contributed by atoms with E-state index in [-0.39, 0.29) is 18.9 Å². The van der Waals surface area contributed by atoms with E-state index < -0.39 is 37.0 Å². The van der Waals surface area contributed by atoms with Crippen LogP contribution in [0.1, 0.15) is 25.8 Å². The number of amides is 2. The predicted octanol–water partition coefficient (Wildman–Crippen LogP) is 1.10. The highest BCUT2D eigenvalue weighted by Crippen LogP contribution is 2.30. The second kappa shape index (κ2) is 11.0. The van der Waals surface area contributed by atoms with Crippen LogP contribution < -0.4 is 20.1 Å². The van der Waals surface area contributed by atoms with Gasteiger partial charge in [0.2, 0.25) is 12.0 Å². The van der Waals surface area contributed by atoms with Gasteiger partial charge in [-0.15, -0.1) is 0 Å². The Morgan fingerprint density at radius 1 is 1.03 bits per heavy atom. The number of hydrogen-bond donors (Lipinski definition) is 4. The fourth-order valence-corrected chi connectivity index (χ4v) is 3.52. The zero-order chi connectivity index (χ0) is 23.1. The van der Waals surface area contributed by atoms with Crippen LogP contribution >= 0.6 is 0 Å². The molecule has 2 amide bonds. The lowest BCUT2D eigenvalue weighted by Crippen LogP contribution is -2.57. The van der Waals surface area contributed by atoms with Crippen LogP contribution in [0.3, 0.4) is 0 Å². The number of ether oxygens (including phenoxy) is 2. The van der Waals surface area contributed by atoms with Gasteiger partial charge in [-0.3, -0.25) is 9.59 Å². The Bertz CT molecular complexity index is 908. The number of carbonyl (C=O) groups excluding carboxylic acids is 2. The zero-order valence-electron chi connectivity index (χ0n) is 18.2. The summed E-state index contributed by atoms with van der Waals surface area (Å²) >= 11 is 0. The van der Waals surface area contributed by atoms with Gasteiger partial charge in [-0.1, -0.05) is 56.3 Å². The van der Waals surface area contributed by atoms with Crippen molar-refractivity contribution < 1.29 is 29.1 Å². The fraction of sp³-hybridized carbons (Fsp3) is 0.391. The maximum Gasteiger partial charge on any atom is 0.475 e. The van der Waals surface area contributed by atoms with Gasteiger partial charge in [-0.05, 0) is 30.0 Å². The van der Waals surface area contributed by atoms with Crippen molar-refractivity contribution in [3.8, 4) is 11.5 Å². The lowest BCUT2D eigenvalue weighted by Gasteiger charge is -2.28. The Morgan fingerprint density at radius 2 is 1.69 bits per heavy atom. The van der Waals surface area contributed by atoms with Crippen LogP contribution in [-0.2, 0) is 16.0 Å². The van der Waals surface area contributed by atoms with E-state index in [4.69, 9.17) is 9.47 Å². The zero-order valence-corrected chi connectivity index (χ0v) is 18.2. The molecule has 0 unspecified atom stereocenters. The van der Waals surface area contributed by atoms with Crippen LogP contribution in [0.2, 0.25) is 0 Å². The number of para-hydroxylation sites is 2. The molecular formula is C23H29BN2O6. The third kappa shape index (κ3) is 6.48. The average Bonchev–Trinajstić information content (AvgIpc) is 2.78. The van der Waals surface area contributed by atoms with Crippen molar-refractivity contribution in [3.05, 3.63) is 60.2 Å². The third-order valence-corrected chi connectivity index (χ3v) is 5.13. The van der Waals surface area contributed by atoms with Gasteiger partial charge in [0.25, 0.3) is 5.91 Å². The van der Waals surface area contributed by atoms with E-state index in [1.807, 2.05) is 50.2 Å². The molecule has 3 rings (SSSR count). The van der Waals surface area contributed by atoms with Crippen LogP contribution in [0.4, 0.5) is 0 Å². The van der Waals surface area contributed by atoms with E-state index in [1.165, 1.54) is 0 Å². The molecule has 3 atom stereocenters. The molecule has 1 heterocycles. The molecule has 1 aliphatic rings. The summed E-state index contributed by atoms with van der Waals surface area (Å²) in [5, 5.41) is 24.8. The smallest absolute Gasteiger partial charge is 0.475 e. The molecule has 0 saturated carbocycles. The van der Waals surface area contributed by atoms with Crippen molar-refractivity contribution in [3.63, 3.8) is 0 Å². The van der Waals surface area contributed by atoms with Crippen molar-refractivity contribution in [1.82, 2.24) is 10.6 Å². The van der Waals surface area contributed by atoms with Crippen molar-refractivity contribution in [2.24, 2.45) is 5.92 Å². The minimum Gasteiger partial charge on any atom is -0.485 e. The number of nitrogens with one attached hydrogen (secondary N) is 2. The molecule has 2 aromatic rings. The normalized spacial score (nSPS) is 16.7. The lowest BCUT2D eigenvalue weighted by atomic mass is 9.75. The highest BCUT2D eigenvalue weighted by atomic mass is 16.6. The number of rotatable bonds is 9. The predicted molar refractivity (Wildman–Crippen MR) is 120 cm³/mol. The van der Waals surface area contributed by atoms with E-state index in [0.717, 1.165) is 5.56 Å². The minimum atomic E-state index is -1.71. The number of hydrogen-bond acceptors (Lipinski definition) is 6. The van der Waals surface area contributed by atoms with Gasteiger partial charge in [-0.25, -0.2) is 0 Å². The van der Waals surface area contributed by atoms with Crippen LogP contribution in [-0.4, -0.2) is 53.7 Å². The van der Waals surface area contributed by atoms with Crippen LogP contribution in [0.5, 0.6) is 11.5 Å². The summed E-state index contributed by atoms with van der Waals surface area (Å²) in [5.41, 5.74) is 0.851. The van der Waals surface area contributed by atoms with Gasteiger partial charge in [-0.2, -0.15) is 0 Å². The van der Waals surface area contributed by atoms with Crippen molar-refractivity contribution in [1.29, 1.82) is 0 Å². The molecule has 170 valence electrons. The average molecular weight is 440 g/mol. The molecule has 0 spiro atoms. The van der Waals surface area contributed by atoms with Gasteiger partial charge in [0.1, 0.15) is 12.6 Å². The Kier molecular flexibility index (Phi) is 8.13. The molecule has 1 aliphatic heterocycles. The minimum absolute atomic E-state index is 0.0217. The number of benzene rings is 2. The first-order chi connectivity index (χ1) is 15.3. The molecular weight excluding hydrogens is 411 g/mol. The van der Waals surface area contributed by atoms with Crippen molar-refractivity contribution >= 4 is 18.9 Å². The van der Waals surface area contributed by atoms with Crippen LogP contribution in [0.25, 0.3) is 0 Å². The summed E-state index contributed by atoms with van der Waals surface area (Å²) in [6, 6.07) is 15.4. The molecule has 9 heteroatoms. The van der Waals surface area contributed by atoms with Crippen LogP contribution in [0.15, 0.2) is 54.6 Å². The van der Waals surface area contributed by atoms with E-state index in [0.29, 0.717) is 17.9 Å². The summed E-state index contributed by atoms with van der Waals surface area (Å²) in [6.07, 6.45) is -0.296. The summed E-state index contributed by atoms with van der Waals surface area (Å²) in [4.78, 5) is 26.0. The molecule has 0 aromatic heterocycles. The van der Waals surface area contributed by atoms with Gasteiger partial charge in [0, 0.05) is 6.42 Å². The molecule has 0 saturated heterocycles. The Labute approximate surface area is 188 Å². The molecule has 8 nitrogen and oxygen atoms in total. The van der Waals surface area contributed by atoms with Crippen LogP contribution in [0, 0.1) is 5.92 Å². The van der Waals surface area contributed by atoms with E-state index in [9.17, 15) is 19.6 Å². The lowest BCUT2D eigenvalue weighted by molar-refractivity contribution is -0.135. The summed E-state index contributed by atoms with van der Waals surface area (Å²) in [5.74, 6) is -0.679. The van der Waals surface area contributed by atoms with Crippen molar-refractivity contribution in [2.75, 3.05) is 6.61 Å². The molecule has 0 aliphatic carbocycles. The molecule has 32 heavy (non-hydrogen) atoms. The van der Waals surface area contributed by atoms with E-state index >= 15 is 0 Å². The summed E-state index contributed by atoms with van der Waals surface area (Å²) in [6.45, 7) is 3.86. The summed E-state index contributed by atoms with van der Waals surface area (Å²) < 4.78 is 11.4. The monoisotopic (exact) mass is 440 g/mol. The van der Waals surface area contributed by atoms with Gasteiger partial charge >= 0.3 is 7.12 Å². The molecule has 0 radical (unpaired) electrons. The number of fused-ring (bicyclic) bond motifs is 1. The second-order valence-corrected chi connectivity index (χ2v) is 8.27. The topological polar surface area (TPSA) is 117 Å². The van der Waals surface area contributed by atoms with E-state index in [2.05, 4.69) is 10.6 Å². The fourth-order valence-electron chi connectivity index (χ4n) is 3.52. The first-order valence-electron chi connectivity index (χ1n) is 10.7. The number of carbonyl (C=O) groups is 2. The highest BCUT2D eigenvalue weighted by molar-refractivity contribution is 6.43. The Morgan fingerprint density at radius 3 is 2.34 bits per heavy atom. The Hall–Kier alpha value is -3.04. The highest BCUT2D eigenvalue weighted by Gasteiger charge is 2.33. The summed E-state index contributed by atoms with van der Waals surface area (Å²) in [7, 11) is -1.71. The maximum absolute atomic E-state index is 13.0.